The monoisotopic (exact) mass is 882 g/mol. The van der Waals surface area contributed by atoms with Crippen molar-refractivity contribution >= 4 is 22.5 Å². The fourth-order valence-corrected chi connectivity index (χ4v) is 16.9. The number of aliphatic hydroxyl groups is 4. The number of ether oxygens (including phenoxy) is 4. The number of benzene rings is 2. The zero-order valence-electron chi connectivity index (χ0n) is 36.7. The van der Waals surface area contributed by atoms with Crippen molar-refractivity contribution in [1.82, 2.24) is 10.9 Å². The summed E-state index contributed by atoms with van der Waals surface area (Å²) in [6.07, 6.45) is 7.04. The average molecular weight is 883 g/mol. The first kappa shape index (κ1) is 42.0. The molecule has 2 aromatic rings. The third kappa shape index (κ3) is 5.52. The van der Waals surface area contributed by atoms with Crippen molar-refractivity contribution in [2.75, 3.05) is 19.8 Å². The Labute approximate surface area is 372 Å². The summed E-state index contributed by atoms with van der Waals surface area (Å²) in [7, 11) is 0. The Bertz CT molecular complexity index is 2410. The minimum Gasteiger partial charge on any atom is -0.506 e. The zero-order valence-corrected chi connectivity index (χ0v) is 36.7. The highest BCUT2D eigenvalue weighted by Gasteiger charge is 2.76. The molecular formula is C50H62N2O12. The van der Waals surface area contributed by atoms with Gasteiger partial charge in [-0.05, 0) is 153 Å². The quantitative estimate of drug-likeness (QED) is 0.174. The Morgan fingerprint density at radius 3 is 2.61 bits per heavy atom. The molecule has 4 saturated carbocycles. The number of carboxylic acids is 1. The van der Waals surface area contributed by atoms with E-state index < -0.39 is 65.5 Å². The highest BCUT2D eigenvalue weighted by atomic mass is 16.7. The predicted octanol–water partition coefficient (Wildman–Crippen LogP) is 4.89. The van der Waals surface area contributed by atoms with Crippen LogP contribution in [0.5, 0.6) is 11.5 Å². The van der Waals surface area contributed by atoms with Gasteiger partial charge in [-0.1, -0.05) is 25.0 Å². The maximum absolute atomic E-state index is 12.9. The van der Waals surface area contributed by atoms with E-state index in [1.165, 1.54) is 62.3 Å². The van der Waals surface area contributed by atoms with Gasteiger partial charge in [0.1, 0.15) is 35.4 Å². The van der Waals surface area contributed by atoms with E-state index in [0.29, 0.717) is 54.9 Å². The number of aromatic hydroxyl groups is 1. The molecule has 5 heterocycles. The second-order valence-electron chi connectivity index (χ2n) is 22.0. The maximum Gasteiger partial charge on any atom is 0.335 e. The number of aromatic carboxylic acids is 1. The van der Waals surface area contributed by atoms with E-state index in [9.17, 15) is 40.2 Å². The standard InChI is InChI=1S/C50H62N2O12/c1-24-14-26-15-27(44(59)60)16-34(37(26)39(56)36(24)25(2)54)62-45-40(57)42(58)50-18-31-38-29(33(64-50)9-8-32(55)43(50)63-45)6-7-30(38)48(12-5-13-53)23-61-20-28-17-47-21-46(10-3-4-11-46)19-35(47)51-52-49(31,22-47)41(28)48/h7,14-16,28,31-33,35,40-43,45,51-53,55-58H,3-6,8-13,17-23H2,1-2H3,(H,59,60)/t28-,31-,32+,33-,35-,40-,41-,42-,43-,45-,47-,48-,49-,50+/m1/s1. The number of ketones is 1. The van der Waals surface area contributed by atoms with Crippen molar-refractivity contribution in [3.05, 3.63) is 57.7 Å². The van der Waals surface area contributed by atoms with Crippen molar-refractivity contribution in [2.24, 2.45) is 34.0 Å². The number of aryl methyl sites for hydroxylation is 1. The van der Waals surface area contributed by atoms with Crippen LogP contribution in [0.1, 0.15) is 123 Å². The maximum atomic E-state index is 12.9. The number of carbonyl (C=O) groups excluding carboxylic acids is 1. The second kappa shape index (κ2) is 14.3. The van der Waals surface area contributed by atoms with Crippen LogP contribution in [0.2, 0.25) is 0 Å². The molecule has 4 spiro atoms. The number of phenolic OH excluding ortho intramolecular Hbond substituents is 1. The molecule has 8 N–H and O–H groups in total. The first-order chi connectivity index (χ1) is 30.7. The fourth-order valence-electron chi connectivity index (χ4n) is 16.9. The van der Waals surface area contributed by atoms with Crippen LogP contribution in [-0.4, -0.2) is 116 Å². The molecule has 0 amide bonds. The van der Waals surface area contributed by atoms with Crippen LogP contribution in [-0.2, 0) is 14.2 Å². The summed E-state index contributed by atoms with van der Waals surface area (Å²) in [5.41, 5.74) is 10.0. The van der Waals surface area contributed by atoms with Crippen LogP contribution >= 0.6 is 0 Å². The van der Waals surface area contributed by atoms with E-state index in [1.54, 1.807) is 13.0 Å². The molecule has 0 aromatic heterocycles. The summed E-state index contributed by atoms with van der Waals surface area (Å²) in [6.45, 7) is 4.29. The molecular weight excluding hydrogens is 821 g/mol. The van der Waals surface area contributed by atoms with E-state index in [2.05, 4.69) is 16.9 Å². The number of hydrogen-bond acceptors (Lipinski definition) is 13. The molecule has 8 fully saturated rings. The summed E-state index contributed by atoms with van der Waals surface area (Å²) in [6, 6.07) is 4.50. The van der Waals surface area contributed by atoms with Gasteiger partial charge >= 0.3 is 5.97 Å². The van der Waals surface area contributed by atoms with Crippen LogP contribution in [0.25, 0.3) is 10.8 Å². The smallest absolute Gasteiger partial charge is 0.335 e. The minimum absolute atomic E-state index is 0.0240. The van der Waals surface area contributed by atoms with Crippen molar-refractivity contribution in [1.29, 1.82) is 0 Å². The Kier molecular flexibility index (Phi) is 9.37. The lowest BCUT2D eigenvalue weighted by atomic mass is 9.39. The van der Waals surface area contributed by atoms with Gasteiger partial charge in [0.2, 0.25) is 6.29 Å². The Hall–Kier alpha value is -3.44. The number of nitrogens with one attached hydrogen (secondary N) is 2. The molecule has 12 rings (SSSR count). The lowest BCUT2D eigenvalue weighted by molar-refractivity contribution is -0.337. The molecule has 10 aliphatic rings. The second-order valence-corrected chi connectivity index (χ2v) is 22.0. The van der Waals surface area contributed by atoms with Gasteiger partial charge in [0.05, 0.1) is 35.3 Å². The van der Waals surface area contributed by atoms with Gasteiger partial charge in [0.15, 0.2) is 5.78 Å². The van der Waals surface area contributed by atoms with E-state index in [4.69, 9.17) is 18.9 Å². The number of hydrogen-bond donors (Lipinski definition) is 8. The predicted molar refractivity (Wildman–Crippen MR) is 230 cm³/mol. The number of phenols is 1. The number of rotatable bonds is 7. The lowest BCUT2D eigenvalue weighted by Gasteiger charge is -2.72. The Balaban J connectivity index is 0.979. The van der Waals surface area contributed by atoms with E-state index in [1.807, 2.05) is 0 Å². The average Bonchev–Trinajstić information content (AvgIpc) is 3.94. The molecule has 5 aliphatic heterocycles. The first-order valence-corrected chi connectivity index (χ1v) is 23.9. The van der Waals surface area contributed by atoms with Crippen LogP contribution in [0.3, 0.4) is 0 Å². The van der Waals surface area contributed by atoms with Crippen LogP contribution < -0.4 is 15.6 Å². The van der Waals surface area contributed by atoms with Crippen molar-refractivity contribution in [3.63, 3.8) is 0 Å². The van der Waals surface area contributed by atoms with E-state index >= 15 is 0 Å². The minimum atomic E-state index is -1.74. The summed E-state index contributed by atoms with van der Waals surface area (Å²) >= 11 is 0. The van der Waals surface area contributed by atoms with Gasteiger partial charge in [-0.2, -0.15) is 0 Å². The molecule has 14 nitrogen and oxygen atoms in total. The third-order valence-corrected chi connectivity index (χ3v) is 18.8. The van der Waals surface area contributed by atoms with E-state index in [0.717, 1.165) is 31.3 Å². The van der Waals surface area contributed by atoms with Gasteiger partial charge in [0.25, 0.3) is 0 Å². The number of fused-ring (bicyclic) bond motifs is 4. The van der Waals surface area contributed by atoms with Gasteiger partial charge in [-0.3, -0.25) is 15.6 Å². The SMILES string of the molecule is CC(=O)c1c(C)cc2cc(C(=O)O)cc(O[C@@H]3O[C@@H]4[C@@H](O)CC[C@H]5O[C@@]4(C[C@@H]4C6=C5CC=C6[C@@]5(CCCO)COC[C@H]6C[C@]78CC9(CCCC9)C[C@H]7NN[C@@]4(C8)[C@H]65)[C@H](O)[C@H]3O)c2c1O. The van der Waals surface area contributed by atoms with Gasteiger partial charge < -0.3 is 49.6 Å². The lowest BCUT2D eigenvalue weighted by Crippen LogP contribution is -2.81. The normalized spacial score (nSPS) is 43.4. The number of hydrazine groups is 1. The highest BCUT2D eigenvalue weighted by molar-refractivity contribution is 6.08. The topological polar surface area (TPSA) is 216 Å². The largest absolute Gasteiger partial charge is 0.506 e. The van der Waals surface area contributed by atoms with Crippen molar-refractivity contribution in [3.8, 4) is 11.5 Å². The van der Waals surface area contributed by atoms with Gasteiger partial charge in [-0.25, -0.2) is 4.79 Å². The molecule has 4 bridgehead atoms. The third-order valence-electron chi connectivity index (χ3n) is 18.8. The Morgan fingerprint density at radius 2 is 1.84 bits per heavy atom. The molecule has 14 heteroatoms. The molecule has 344 valence electrons. The van der Waals surface area contributed by atoms with Gasteiger partial charge in [0, 0.05) is 36.1 Å². The number of carboxylic acid groups (broad SMARTS) is 1. The number of allylic oxidation sites excluding steroid dienone is 1. The summed E-state index contributed by atoms with van der Waals surface area (Å²) in [5, 5.41) is 69.9. The molecule has 4 saturated heterocycles. The highest BCUT2D eigenvalue weighted by Crippen LogP contribution is 2.75. The van der Waals surface area contributed by atoms with Crippen molar-refractivity contribution in [2.45, 2.75) is 158 Å². The molecule has 2 aromatic carbocycles. The summed E-state index contributed by atoms with van der Waals surface area (Å²) in [5.74, 6) is -2.04. The van der Waals surface area contributed by atoms with Crippen LogP contribution in [0, 0.1) is 40.9 Å². The zero-order chi connectivity index (χ0) is 44.3. The van der Waals surface area contributed by atoms with Crippen LogP contribution in [0.15, 0.2) is 41.0 Å². The first-order valence-electron chi connectivity index (χ1n) is 23.9. The molecule has 64 heavy (non-hydrogen) atoms. The summed E-state index contributed by atoms with van der Waals surface area (Å²) in [4.78, 5) is 25.1. The number of Topliss-reactive ketones (excluding diaryl/α,β-unsaturated/α-hetero) is 1. The molecule has 5 aliphatic carbocycles. The van der Waals surface area contributed by atoms with E-state index in [-0.39, 0.29) is 70.3 Å². The van der Waals surface area contributed by atoms with Gasteiger partial charge in [-0.15, -0.1) is 0 Å². The molecule has 14 atom stereocenters. The number of aliphatic hydroxyl groups excluding tert-OH is 4. The fraction of sp³-hybridized carbons (Fsp3) is 0.680. The van der Waals surface area contributed by atoms with Crippen molar-refractivity contribution < 1.29 is 59.2 Å². The van der Waals surface area contributed by atoms with Crippen LogP contribution in [0.4, 0.5) is 0 Å². The molecule has 0 radical (unpaired) electrons. The molecule has 0 unspecified atom stereocenters. The number of carbonyl (C=O) groups is 2. The Morgan fingerprint density at radius 1 is 1.03 bits per heavy atom. The summed E-state index contributed by atoms with van der Waals surface area (Å²) < 4.78 is 27.2.